The summed E-state index contributed by atoms with van der Waals surface area (Å²) >= 11 is 0. The number of aliphatic hydroxyl groups is 1. The van der Waals surface area contributed by atoms with Crippen LogP contribution in [0.15, 0.2) is 18.2 Å². The molecule has 0 atom stereocenters. The number of hydrogen-bond donors (Lipinski definition) is 2. The first-order valence-electron chi connectivity index (χ1n) is 7.62. The molecule has 0 aromatic heterocycles. The summed E-state index contributed by atoms with van der Waals surface area (Å²) < 4.78 is 5.55. The van der Waals surface area contributed by atoms with Crippen molar-refractivity contribution >= 4 is 11.6 Å². The largest absolute Gasteiger partial charge is 0.493 e. The van der Waals surface area contributed by atoms with Gasteiger partial charge in [-0.15, -0.1) is 0 Å². The minimum Gasteiger partial charge on any atom is -0.493 e. The number of hydrogen-bond acceptors (Lipinski definition) is 4. The lowest BCUT2D eigenvalue weighted by Crippen LogP contribution is -2.45. The number of amides is 1. The Morgan fingerprint density at radius 3 is 2.81 bits per heavy atom. The first-order valence-corrected chi connectivity index (χ1v) is 7.62. The summed E-state index contributed by atoms with van der Waals surface area (Å²) in [6.45, 7) is 3.01. The van der Waals surface area contributed by atoms with Crippen LogP contribution in [0.1, 0.15) is 43.0 Å². The highest BCUT2D eigenvalue weighted by Gasteiger charge is 2.31. The molecule has 1 aliphatic carbocycles. The smallest absolute Gasteiger partial charge is 0.259 e. The zero-order valence-corrected chi connectivity index (χ0v) is 12.5. The monoisotopic (exact) mass is 292 g/mol. The van der Waals surface area contributed by atoms with Gasteiger partial charge in [0, 0.05) is 24.9 Å². The molecule has 0 unspecified atom stereocenters. The number of ether oxygens (including phenoxy) is 1. The van der Waals surface area contributed by atoms with Gasteiger partial charge in [-0.05, 0) is 44.7 Å². The molecule has 2 rings (SSSR count). The molecule has 0 saturated heterocycles. The number of anilines is 1. The van der Waals surface area contributed by atoms with Crippen LogP contribution in [-0.4, -0.2) is 41.7 Å². The summed E-state index contributed by atoms with van der Waals surface area (Å²) in [5.41, 5.74) is 6.89. The van der Waals surface area contributed by atoms with Crippen molar-refractivity contribution in [3.05, 3.63) is 23.8 Å². The van der Waals surface area contributed by atoms with Crippen LogP contribution in [0, 0.1) is 0 Å². The molecule has 1 amide bonds. The minimum absolute atomic E-state index is 0.0824. The van der Waals surface area contributed by atoms with E-state index in [1.807, 2.05) is 11.8 Å². The highest BCUT2D eigenvalue weighted by molar-refractivity contribution is 6.02. The number of rotatable bonds is 7. The summed E-state index contributed by atoms with van der Waals surface area (Å²) in [5.74, 6) is 0.450. The van der Waals surface area contributed by atoms with Gasteiger partial charge in [0.05, 0.1) is 6.61 Å². The van der Waals surface area contributed by atoms with Gasteiger partial charge in [-0.3, -0.25) is 4.79 Å². The maximum Gasteiger partial charge on any atom is 0.259 e. The van der Waals surface area contributed by atoms with Gasteiger partial charge >= 0.3 is 0 Å². The summed E-state index contributed by atoms with van der Waals surface area (Å²) in [7, 11) is 0. The molecule has 0 heterocycles. The molecule has 0 aliphatic heterocycles. The molecule has 1 aromatic rings. The first kappa shape index (κ1) is 15.6. The second kappa shape index (κ2) is 7.31. The summed E-state index contributed by atoms with van der Waals surface area (Å²) in [4.78, 5) is 14.7. The third-order valence-corrected chi connectivity index (χ3v) is 3.91. The van der Waals surface area contributed by atoms with E-state index in [1.54, 1.807) is 18.2 Å². The second-order valence-electron chi connectivity index (χ2n) is 5.31. The van der Waals surface area contributed by atoms with E-state index in [-0.39, 0.29) is 18.6 Å². The Morgan fingerprint density at radius 1 is 1.48 bits per heavy atom. The molecule has 1 saturated carbocycles. The normalized spacial score (nSPS) is 14.6. The number of aliphatic hydroxyl groups excluding tert-OH is 1. The van der Waals surface area contributed by atoms with Crippen molar-refractivity contribution in [2.45, 2.75) is 38.6 Å². The molecule has 5 heteroatoms. The standard InChI is InChI=1S/C16H24N2O3/c1-2-21-14-9-4-8-13(17)15(14)16(20)18(10-5-11-19)12-6-3-7-12/h4,8-9,12,19H,2-3,5-7,10-11,17H2,1H3. The summed E-state index contributed by atoms with van der Waals surface area (Å²) in [6, 6.07) is 5.55. The maximum atomic E-state index is 12.9. The lowest BCUT2D eigenvalue weighted by molar-refractivity contribution is 0.0560. The Bertz CT molecular complexity index is 486. The number of nitrogens with two attached hydrogens (primary N) is 1. The molecule has 0 spiro atoms. The van der Waals surface area contributed by atoms with Gasteiger partial charge in [0.25, 0.3) is 5.91 Å². The summed E-state index contributed by atoms with van der Waals surface area (Å²) in [5, 5.41) is 9.05. The lowest BCUT2D eigenvalue weighted by atomic mass is 9.90. The predicted octanol–water partition coefficient (Wildman–Crippen LogP) is 2.04. The maximum absolute atomic E-state index is 12.9. The van der Waals surface area contributed by atoms with E-state index in [2.05, 4.69) is 0 Å². The lowest BCUT2D eigenvalue weighted by Gasteiger charge is -2.38. The Balaban J connectivity index is 2.26. The van der Waals surface area contributed by atoms with Crippen molar-refractivity contribution in [1.29, 1.82) is 0 Å². The van der Waals surface area contributed by atoms with Gasteiger partial charge in [0.15, 0.2) is 0 Å². The Labute approximate surface area is 125 Å². The SMILES string of the molecule is CCOc1cccc(N)c1C(=O)N(CCCO)C1CCC1. The van der Waals surface area contributed by atoms with Gasteiger partial charge < -0.3 is 20.5 Å². The topological polar surface area (TPSA) is 75.8 Å². The molecule has 1 aromatic carbocycles. The molecule has 0 bridgehead atoms. The van der Waals surface area contributed by atoms with Crippen LogP contribution in [0.4, 0.5) is 5.69 Å². The van der Waals surface area contributed by atoms with Crippen molar-refractivity contribution in [3.8, 4) is 5.75 Å². The van der Waals surface area contributed by atoms with E-state index >= 15 is 0 Å². The van der Waals surface area contributed by atoms with Gasteiger partial charge in [0.1, 0.15) is 11.3 Å². The van der Waals surface area contributed by atoms with Crippen LogP contribution < -0.4 is 10.5 Å². The molecular weight excluding hydrogens is 268 g/mol. The highest BCUT2D eigenvalue weighted by Crippen LogP contribution is 2.31. The van der Waals surface area contributed by atoms with Crippen LogP contribution in [0.3, 0.4) is 0 Å². The average Bonchev–Trinajstić information content (AvgIpc) is 2.41. The third-order valence-electron chi connectivity index (χ3n) is 3.91. The van der Waals surface area contributed by atoms with E-state index in [1.165, 1.54) is 0 Å². The third kappa shape index (κ3) is 3.47. The van der Waals surface area contributed by atoms with Crippen LogP contribution in [0.2, 0.25) is 0 Å². The fourth-order valence-corrected chi connectivity index (χ4v) is 2.59. The van der Waals surface area contributed by atoms with E-state index in [9.17, 15) is 4.79 Å². The quantitative estimate of drug-likeness (QED) is 0.754. The van der Waals surface area contributed by atoms with Gasteiger partial charge in [-0.1, -0.05) is 6.07 Å². The molecule has 21 heavy (non-hydrogen) atoms. The van der Waals surface area contributed by atoms with E-state index in [4.69, 9.17) is 15.6 Å². The first-order chi connectivity index (χ1) is 10.2. The van der Waals surface area contributed by atoms with E-state index < -0.39 is 0 Å². The van der Waals surface area contributed by atoms with Crippen molar-refractivity contribution in [2.24, 2.45) is 0 Å². The van der Waals surface area contributed by atoms with Gasteiger partial charge in [-0.25, -0.2) is 0 Å². The number of carbonyl (C=O) groups excluding carboxylic acids is 1. The predicted molar refractivity (Wildman–Crippen MR) is 82.4 cm³/mol. The van der Waals surface area contributed by atoms with Gasteiger partial charge in [-0.2, -0.15) is 0 Å². The molecule has 116 valence electrons. The number of carbonyl (C=O) groups is 1. The van der Waals surface area contributed by atoms with Crippen molar-refractivity contribution < 1.29 is 14.6 Å². The second-order valence-corrected chi connectivity index (χ2v) is 5.31. The van der Waals surface area contributed by atoms with E-state index in [0.717, 1.165) is 19.3 Å². The molecule has 0 radical (unpaired) electrons. The molecule has 3 N–H and O–H groups in total. The van der Waals surface area contributed by atoms with Crippen LogP contribution >= 0.6 is 0 Å². The average molecular weight is 292 g/mol. The van der Waals surface area contributed by atoms with E-state index in [0.29, 0.717) is 36.6 Å². The zero-order chi connectivity index (χ0) is 15.2. The van der Waals surface area contributed by atoms with Crippen molar-refractivity contribution in [2.75, 3.05) is 25.5 Å². The zero-order valence-electron chi connectivity index (χ0n) is 12.5. The Hall–Kier alpha value is -1.75. The number of nitrogens with zero attached hydrogens (tertiary/aromatic N) is 1. The Kier molecular flexibility index (Phi) is 5.44. The van der Waals surface area contributed by atoms with Crippen molar-refractivity contribution in [1.82, 2.24) is 4.90 Å². The Morgan fingerprint density at radius 2 is 2.24 bits per heavy atom. The van der Waals surface area contributed by atoms with Crippen molar-refractivity contribution in [3.63, 3.8) is 0 Å². The molecular formula is C16H24N2O3. The minimum atomic E-state index is -0.0882. The van der Waals surface area contributed by atoms with Crippen LogP contribution in [0.25, 0.3) is 0 Å². The van der Waals surface area contributed by atoms with Crippen LogP contribution in [0.5, 0.6) is 5.75 Å². The fraction of sp³-hybridized carbons (Fsp3) is 0.562. The summed E-state index contributed by atoms with van der Waals surface area (Å²) in [6.07, 6.45) is 3.77. The molecule has 1 aliphatic rings. The molecule has 1 fully saturated rings. The number of benzene rings is 1. The number of nitrogen functional groups attached to an aromatic ring is 1. The van der Waals surface area contributed by atoms with Gasteiger partial charge in [0.2, 0.25) is 0 Å². The van der Waals surface area contributed by atoms with Crippen LogP contribution in [-0.2, 0) is 0 Å². The fourth-order valence-electron chi connectivity index (χ4n) is 2.59. The molecule has 5 nitrogen and oxygen atoms in total. The highest BCUT2D eigenvalue weighted by atomic mass is 16.5.